The first-order valence-corrected chi connectivity index (χ1v) is 6.70. The number of esters is 1. The van der Waals surface area contributed by atoms with E-state index in [-0.39, 0.29) is 0 Å². The van der Waals surface area contributed by atoms with Crippen molar-refractivity contribution in [2.75, 3.05) is 5.75 Å². The first-order valence-electron chi connectivity index (χ1n) is 5.13. The summed E-state index contributed by atoms with van der Waals surface area (Å²) in [6.07, 6.45) is -11.0. The SMILES string of the molecule is O=C(OC(CS(=O)(=O)[O-])(C(F)(F)F)C(F)(F)F)c1cc[nH]c1. The molecule has 0 aromatic carbocycles. The lowest BCUT2D eigenvalue weighted by molar-refractivity contribution is -0.356. The van der Waals surface area contributed by atoms with E-state index in [0.717, 1.165) is 18.5 Å². The fourth-order valence-electron chi connectivity index (χ4n) is 1.39. The second kappa shape index (κ2) is 5.46. The second-order valence-corrected chi connectivity index (χ2v) is 5.42. The standard InChI is InChI=1S/C9H7F6NO5S/c10-8(11,12)7(9(13,14)15,4-22(18,19)20)21-6(17)5-1-2-16-3-5/h1-3,16H,4H2,(H,18,19,20)/p-1. The fraction of sp³-hybridized carbons (Fsp3) is 0.444. The molecule has 1 N–H and O–H groups in total. The summed E-state index contributed by atoms with van der Waals surface area (Å²) in [6.45, 7) is 0. The Morgan fingerprint density at radius 3 is 2.00 bits per heavy atom. The van der Waals surface area contributed by atoms with Gasteiger partial charge in [-0.3, -0.25) is 0 Å². The lowest BCUT2D eigenvalue weighted by Crippen LogP contribution is -2.63. The van der Waals surface area contributed by atoms with Gasteiger partial charge in [-0.1, -0.05) is 0 Å². The Kier molecular flexibility index (Phi) is 4.54. The van der Waals surface area contributed by atoms with Gasteiger partial charge in [0.15, 0.2) is 0 Å². The summed E-state index contributed by atoms with van der Waals surface area (Å²) in [6, 6.07) is 0.797. The molecule has 13 heteroatoms. The largest absolute Gasteiger partial charge is 0.748 e. The number of hydrogen-bond donors (Lipinski definition) is 1. The van der Waals surface area contributed by atoms with E-state index in [1.807, 2.05) is 0 Å². The van der Waals surface area contributed by atoms with Crippen LogP contribution in [0, 0.1) is 0 Å². The van der Waals surface area contributed by atoms with Crippen molar-refractivity contribution in [2.24, 2.45) is 0 Å². The molecule has 0 spiro atoms. The van der Waals surface area contributed by atoms with E-state index in [9.17, 15) is 44.1 Å². The Morgan fingerprint density at radius 2 is 1.68 bits per heavy atom. The fourth-order valence-corrected chi connectivity index (χ4v) is 2.27. The number of aromatic nitrogens is 1. The molecule has 0 atom stereocenters. The van der Waals surface area contributed by atoms with Crippen LogP contribution in [0.4, 0.5) is 26.3 Å². The van der Waals surface area contributed by atoms with E-state index < -0.39 is 45.4 Å². The van der Waals surface area contributed by atoms with Gasteiger partial charge in [-0.2, -0.15) is 26.3 Å². The molecule has 0 aliphatic rings. The van der Waals surface area contributed by atoms with Crippen LogP contribution in [0.3, 0.4) is 0 Å². The summed E-state index contributed by atoms with van der Waals surface area (Å²) in [5, 5.41) is 0. The molecule has 0 saturated heterocycles. The zero-order valence-electron chi connectivity index (χ0n) is 10.2. The van der Waals surface area contributed by atoms with Crippen molar-refractivity contribution < 1.29 is 48.8 Å². The van der Waals surface area contributed by atoms with E-state index in [1.165, 1.54) is 0 Å². The van der Waals surface area contributed by atoms with Crippen molar-refractivity contribution >= 4 is 16.1 Å². The lowest BCUT2D eigenvalue weighted by Gasteiger charge is -2.36. The monoisotopic (exact) mass is 354 g/mol. The molecule has 6 nitrogen and oxygen atoms in total. The summed E-state index contributed by atoms with van der Waals surface area (Å²) in [5.74, 6) is -5.12. The maximum absolute atomic E-state index is 12.8. The van der Waals surface area contributed by atoms with Crippen molar-refractivity contribution in [3.05, 3.63) is 24.0 Å². The van der Waals surface area contributed by atoms with Gasteiger partial charge in [0.1, 0.15) is 0 Å². The van der Waals surface area contributed by atoms with E-state index >= 15 is 0 Å². The number of alkyl halides is 6. The van der Waals surface area contributed by atoms with Crippen LogP contribution in [-0.4, -0.2) is 47.6 Å². The molecule has 0 amide bonds. The maximum atomic E-state index is 12.8. The molecule has 0 aliphatic carbocycles. The third kappa shape index (κ3) is 3.71. The van der Waals surface area contributed by atoms with Gasteiger partial charge in [-0.15, -0.1) is 0 Å². The zero-order valence-corrected chi connectivity index (χ0v) is 11.0. The van der Waals surface area contributed by atoms with Crippen molar-refractivity contribution in [3.63, 3.8) is 0 Å². The summed E-state index contributed by atoms with van der Waals surface area (Å²) in [5.41, 5.74) is -6.18. The molecular weight excluding hydrogens is 348 g/mol. The quantitative estimate of drug-likeness (QED) is 0.503. The normalized spacial score (nSPS) is 14.0. The average molecular weight is 354 g/mol. The molecule has 0 radical (unpaired) electrons. The molecule has 1 rings (SSSR count). The third-order valence-electron chi connectivity index (χ3n) is 2.40. The summed E-state index contributed by atoms with van der Waals surface area (Å²) in [4.78, 5) is 13.5. The highest BCUT2D eigenvalue weighted by molar-refractivity contribution is 7.85. The number of carbonyl (C=O) groups excluding carboxylic acids is 1. The summed E-state index contributed by atoms with van der Waals surface area (Å²) >= 11 is 0. The highest BCUT2D eigenvalue weighted by Crippen LogP contribution is 2.47. The Labute approximate surface area is 118 Å². The molecule has 0 unspecified atom stereocenters. The second-order valence-electron chi connectivity index (χ2n) is 4.01. The van der Waals surface area contributed by atoms with Crippen molar-refractivity contribution in [1.82, 2.24) is 4.98 Å². The van der Waals surface area contributed by atoms with Crippen LogP contribution < -0.4 is 0 Å². The number of carbonyl (C=O) groups is 1. The summed E-state index contributed by atoms with van der Waals surface area (Å²) in [7, 11) is -6.04. The number of halogens is 6. The molecule has 0 bridgehead atoms. The Bertz CT molecular complexity index is 618. The minimum Gasteiger partial charge on any atom is -0.748 e. The predicted octanol–water partition coefficient (Wildman–Crippen LogP) is 1.58. The van der Waals surface area contributed by atoms with Crippen LogP contribution in [-0.2, 0) is 14.9 Å². The number of ether oxygens (including phenoxy) is 1. The van der Waals surface area contributed by atoms with Crippen molar-refractivity contribution in [1.29, 1.82) is 0 Å². The molecule has 0 saturated carbocycles. The molecule has 126 valence electrons. The van der Waals surface area contributed by atoms with Crippen LogP contribution in [0.5, 0.6) is 0 Å². The van der Waals surface area contributed by atoms with Crippen molar-refractivity contribution in [2.45, 2.75) is 18.0 Å². The molecule has 1 aromatic rings. The lowest BCUT2D eigenvalue weighted by atomic mass is 10.1. The predicted molar refractivity (Wildman–Crippen MR) is 55.6 cm³/mol. The highest BCUT2D eigenvalue weighted by Gasteiger charge is 2.75. The maximum Gasteiger partial charge on any atom is 0.438 e. The van der Waals surface area contributed by atoms with E-state index in [4.69, 9.17) is 0 Å². The van der Waals surface area contributed by atoms with Gasteiger partial charge in [-0.05, 0) is 6.07 Å². The first kappa shape index (κ1) is 18.3. The van der Waals surface area contributed by atoms with Crippen LogP contribution in [0.1, 0.15) is 10.4 Å². The number of H-pyrrole nitrogens is 1. The van der Waals surface area contributed by atoms with Gasteiger partial charge < -0.3 is 14.3 Å². The van der Waals surface area contributed by atoms with Crippen LogP contribution in [0.15, 0.2) is 18.5 Å². The third-order valence-corrected chi connectivity index (χ3v) is 3.16. The van der Waals surface area contributed by atoms with Gasteiger partial charge in [0.25, 0.3) is 0 Å². The minimum absolute atomic E-state index is 0.721. The van der Waals surface area contributed by atoms with Gasteiger partial charge in [0.05, 0.1) is 21.4 Å². The van der Waals surface area contributed by atoms with E-state index in [2.05, 4.69) is 9.72 Å². The Balaban J connectivity index is 3.40. The number of nitrogens with one attached hydrogen (secondary N) is 1. The minimum atomic E-state index is -6.38. The molecule has 1 heterocycles. The van der Waals surface area contributed by atoms with Gasteiger partial charge >= 0.3 is 23.9 Å². The highest BCUT2D eigenvalue weighted by atomic mass is 32.2. The average Bonchev–Trinajstić information content (AvgIpc) is 2.75. The molecular formula is C9H6F6NO5S-. The summed E-state index contributed by atoms with van der Waals surface area (Å²) < 4.78 is 112. The molecule has 22 heavy (non-hydrogen) atoms. The molecule has 0 aliphatic heterocycles. The Hall–Kier alpha value is -1.76. The van der Waals surface area contributed by atoms with E-state index in [0.29, 0.717) is 0 Å². The first-order chi connectivity index (χ1) is 9.70. The van der Waals surface area contributed by atoms with Gasteiger partial charge in [0.2, 0.25) is 0 Å². The molecule has 0 fully saturated rings. The molecule has 1 aromatic heterocycles. The van der Waals surface area contributed by atoms with Gasteiger partial charge in [0, 0.05) is 12.4 Å². The smallest absolute Gasteiger partial charge is 0.438 e. The van der Waals surface area contributed by atoms with E-state index in [1.54, 1.807) is 0 Å². The van der Waals surface area contributed by atoms with Crippen LogP contribution >= 0.6 is 0 Å². The van der Waals surface area contributed by atoms with Gasteiger partial charge in [-0.25, -0.2) is 13.2 Å². The number of aromatic amines is 1. The topological polar surface area (TPSA) is 99.3 Å². The van der Waals surface area contributed by atoms with Crippen molar-refractivity contribution in [3.8, 4) is 0 Å². The van der Waals surface area contributed by atoms with Crippen LogP contribution in [0.2, 0.25) is 0 Å². The Morgan fingerprint density at radius 1 is 1.18 bits per heavy atom. The number of hydrogen-bond acceptors (Lipinski definition) is 5. The van der Waals surface area contributed by atoms with Crippen LogP contribution in [0.25, 0.3) is 0 Å². The zero-order chi connectivity index (χ0) is 17.4. The number of rotatable bonds is 4.